The first-order valence-corrected chi connectivity index (χ1v) is 7.02. The van der Waals surface area contributed by atoms with Crippen molar-refractivity contribution in [3.63, 3.8) is 0 Å². The number of aryl methyl sites for hydroxylation is 1. The largest absolute Gasteiger partial charge is 0.371 e. The van der Waals surface area contributed by atoms with Crippen molar-refractivity contribution < 1.29 is 0 Å². The molecule has 5 nitrogen and oxygen atoms in total. The molecule has 3 rings (SSSR count). The Morgan fingerprint density at radius 3 is 2.62 bits per heavy atom. The van der Waals surface area contributed by atoms with Crippen molar-refractivity contribution in [2.75, 3.05) is 30.4 Å². The molecule has 0 bridgehead atoms. The maximum Gasteiger partial charge on any atom is 0.0999 e. The van der Waals surface area contributed by atoms with E-state index >= 15 is 0 Å². The lowest BCUT2D eigenvalue weighted by molar-refractivity contribution is 0.648. The van der Waals surface area contributed by atoms with Crippen LogP contribution in [0.15, 0.2) is 24.5 Å². The Morgan fingerprint density at radius 2 is 2.00 bits per heavy atom. The maximum absolute atomic E-state index is 9.48. The summed E-state index contributed by atoms with van der Waals surface area (Å²) in [6.45, 7) is 3.17. The van der Waals surface area contributed by atoms with Gasteiger partial charge in [0.25, 0.3) is 0 Å². The van der Waals surface area contributed by atoms with Crippen LogP contribution in [0.5, 0.6) is 0 Å². The van der Waals surface area contributed by atoms with Gasteiger partial charge in [-0.1, -0.05) is 0 Å². The number of hydrogen-bond acceptors (Lipinski definition) is 4. The second-order valence-corrected chi connectivity index (χ2v) is 5.74. The van der Waals surface area contributed by atoms with E-state index in [0.29, 0.717) is 11.6 Å². The van der Waals surface area contributed by atoms with Crippen LogP contribution in [0.2, 0.25) is 0 Å². The molecule has 1 aliphatic rings. The lowest BCUT2D eigenvalue weighted by Crippen LogP contribution is -2.44. The van der Waals surface area contributed by atoms with Crippen LogP contribution in [0.3, 0.4) is 0 Å². The standard InChI is InChI=1S/C16H19N5/c1-11-9-19(2)15-5-12(7-17)14(6-16(15)21(11)4)13-8-18-20(3)10-13/h5-6,8,10-11H,9H2,1-4H3/t11-/m0/s1. The molecule has 0 amide bonds. The summed E-state index contributed by atoms with van der Waals surface area (Å²) in [4.78, 5) is 4.49. The molecule has 2 heterocycles. The molecule has 0 saturated heterocycles. The zero-order valence-electron chi connectivity index (χ0n) is 12.8. The normalized spacial score (nSPS) is 17.6. The maximum atomic E-state index is 9.48. The predicted molar refractivity (Wildman–Crippen MR) is 84.5 cm³/mol. The molecule has 0 N–H and O–H groups in total. The van der Waals surface area contributed by atoms with Gasteiger partial charge in [0, 0.05) is 51.1 Å². The highest BCUT2D eigenvalue weighted by molar-refractivity contribution is 5.84. The Labute approximate surface area is 125 Å². The van der Waals surface area contributed by atoms with Gasteiger partial charge in [0.15, 0.2) is 0 Å². The Kier molecular flexibility index (Phi) is 3.09. The van der Waals surface area contributed by atoms with Gasteiger partial charge < -0.3 is 9.80 Å². The Bertz CT molecular complexity index is 725. The molecule has 0 spiro atoms. The fraction of sp³-hybridized carbons (Fsp3) is 0.375. The van der Waals surface area contributed by atoms with Crippen LogP contribution in [0.25, 0.3) is 11.1 Å². The van der Waals surface area contributed by atoms with Crippen LogP contribution in [-0.4, -0.2) is 36.5 Å². The molecule has 2 aromatic rings. The summed E-state index contributed by atoms with van der Waals surface area (Å²) in [5.41, 5.74) is 4.88. The highest BCUT2D eigenvalue weighted by Gasteiger charge is 2.25. The Balaban J connectivity index is 2.21. The fourth-order valence-electron chi connectivity index (χ4n) is 2.91. The molecule has 21 heavy (non-hydrogen) atoms. The number of likely N-dealkylation sites (N-methyl/N-ethyl adjacent to an activating group) is 2. The highest BCUT2D eigenvalue weighted by Crippen LogP contribution is 2.39. The molecule has 0 fully saturated rings. The van der Waals surface area contributed by atoms with Gasteiger partial charge in [0.2, 0.25) is 0 Å². The third-order valence-corrected chi connectivity index (χ3v) is 4.24. The van der Waals surface area contributed by atoms with E-state index in [4.69, 9.17) is 0 Å². The van der Waals surface area contributed by atoms with Gasteiger partial charge in [-0.3, -0.25) is 4.68 Å². The SMILES string of the molecule is C[C@H]1CN(C)c2cc(C#N)c(-c3cnn(C)c3)cc2N1C. The van der Waals surface area contributed by atoms with Gasteiger partial charge in [-0.2, -0.15) is 10.4 Å². The molecule has 0 unspecified atom stereocenters. The molecule has 1 atom stereocenters. The molecule has 1 aromatic carbocycles. The van der Waals surface area contributed by atoms with E-state index in [1.165, 1.54) is 0 Å². The lowest BCUT2D eigenvalue weighted by atomic mass is 9.98. The highest BCUT2D eigenvalue weighted by atomic mass is 15.3. The zero-order valence-corrected chi connectivity index (χ0v) is 12.8. The van der Waals surface area contributed by atoms with E-state index in [1.54, 1.807) is 10.9 Å². The average Bonchev–Trinajstić information content (AvgIpc) is 2.90. The van der Waals surface area contributed by atoms with E-state index in [0.717, 1.165) is 29.0 Å². The van der Waals surface area contributed by atoms with Gasteiger partial charge >= 0.3 is 0 Å². The van der Waals surface area contributed by atoms with E-state index < -0.39 is 0 Å². The Morgan fingerprint density at radius 1 is 1.24 bits per heavy atom. The monoisotopic (exact) mass is 281 g/mol. The number of rotatable bonds is 1. The third-order valence-electron chi connectivity index (χ3n) is 4.24. The molecular formula is C16H19N5. The molecular weight excluding hydrogens is 262 g/mol. The summed E-state index contributed by atoms with van der Waals surface area (Å²) in [7, 11) is 6.07. The van der Waals surface area contributed by atoms with Crippen molar-refractivity contribution in [3.05, 3.63) is 30.1 Å². The first-order valence-electron chi connectivity index (χ1n) is 7.02. The number of hydrogen-bond donors (Lipinski definition) is 0. The molecule has 5 heteroatoms. The summed E-state index contributed by atoms with van der Waals surface area (Å²) in [5.74, 6) is 0. The smallest absolute Gasteiger partial charge is 0.0999 e. The van der Waals surface area contributed by atoms with E-state index in [9.17, 15) is 5.26 Å². The number of fused-ring (bicyclic) bond motifs is 1. The number of benzene rings is 1. The summed E-state index contributed by atoms with van der Waals surface area (Å²) in [6.07, 6.45) is 3.75. The Hall–Kier alpha value is -2.48. The first-order chi connectivity index (χ1) is 10.0. The molecule has 1 aliphatic heterocycles. The van der Waals surface area contributed by atoms with Crippen molar-refractivity contribution in [3.8, 4) is 17.2 Å². The lowest BCUT2D eigenvalue weighted by Gasteiger charge is -2.40. The quantitative estimate of drug-likeness (QED) is 0.804. The van der Waals surface area contributed by atoms with Gasteiger partial charge in [-0.15, -0.1) is 0 Å². The molecule has 108 valence electrons. The zero-order chi connectivity index (χ0) is 15.1. The topological polar surface area (TPSA) is 48.1 Å². The van der Waals surface area contributed by atoms with E-state index in [1.807, 2.05) is 19.3 Å². The van der Waals surface area contributed by atoms with Crippen LogP contribution in [0.1, 0.15) is 12.5 Å². The summed E-state index contributed by atoms with van der Waals surface area (Å²) >= 11 is 0. The molecule has 1 aromatic heterocycles. The van der Waals surface area contributed by atoms with Crippen molar-refractivity contribution in [2.24, 2.45) is 7.05 Å². The van der Waals surface area contributed by atoms with Crippen molar-refractivity contribution >= 4 is 11.4 Å². The van der Waals surface area contributed by atoms with Crippen LogP contribution in [0, 0.1) is 11.3 Å². The van der Waals surface area contributed by atoms with Gasteiger partial charge in [-0.05, 0) is 19.1 Å². The van der Waals surface area contributed by atoms with Gasteiger partial charge in [-0.25, -0.2) is 0 Å². The predicted octanol–water partition coefficient (Wildman–Crippen LogP) is 2.23. The number of anilines is 2. The molecule has 0 aliphatic carbocycles. The minimum absolute atomic E-state index is 0.442. The minimum atomic E-state index is 0.442. The van der Waals surface area contributed by atoms with E-state index in [-0.39, 0.29) is 0 Å². The average molecular weight is 281 g/mol. The second-order valence-electron chi connectivity index (χ2n) is 5.74. The number of nitriles is 1. The summed E-state index contributed by atoms with van der Waals surface area (Å²) < 4.78 is 1.76. The van der Waals surface area contributed by atoms with Crippen molar-refractivity contribution in [2.45, 2.75) is 13.0 Å². The minimum Gasteiger partial charge on any atom is -0.371 e. The first kappa shape index (κ1) is 13.5. The number of nitrogens with zero attached hydrogens (tertiary/aromatic N) is 5. The molecule has 0 saturated carbocycles. The second kappa shape index (κ2) is 4.81. The third kappa shape index (κ3) is 2.13. The summed E-state index contributed by atoms with van der Waals surface area (Å²) in [6, 6.07) is 6.85. The van der Waals surface area contributed by atoms with Crippen LogP contribution >= 0.6 is 0 Å². The van der Waals surface area contributed by atoms with E-state index in [2.05, 4.69) is 48.1 Å². The molecule has 0 radical (unpaired) electrons. The summed E-state index contributed by atoms with van der Waals surface area (Å²) in [5, 5.41) is 13.7. The van der Waals surface area contributed by atoms with Gasteiger partial charge in [0.05, 0.1) is 29.2 Å². The van der Waals surface area contributed by atoms with Crippen LogP contribution in [-0.2, 0) is 7.05 Å². The van der Waals surface area contributed by atoms with Gasteiger partial charge in [0.1, 0.15) is 0 Å². The van der Waals surface area contributed by atoms with Crippen molar-refractivity contribution in [1.29, 1.82) is 5.26 Å². The van der Waals surface area contributed by atoms with Crippen LogP contribution < -0.4 is 9.80 Å². The number of aromatic nitrogens is 2. The fourth-order valence-corrected chi connectivity index (χ4v) is 2.91. The van der Waals surface area contributed by atoms with Crippen LogP contribution in [0.4, 0.5) is 11.4 Å². The van der Waals surface area contributed by atoms with Crippen molar-refractivity contribution in [1.82, 2.24) is 9.78 Å².